The first-order valence-electron chi connectivity index (χ1n) is 4.30. The number of nitrogens with one attached hydrogen (secondary N) is 1. The Morgan fingerprint density at radius 3 is 2.88 bits per heavy atom. The Balaban J connectivity index is 2.99. The lowest BCUT2D eigenvalue weighted by molar-refractivity contribution is -0.384. The zero-order valence-electron chi connectivity index (χ0n) is 8.24. The first kappa shape index (κ1) is 12.0. The Labute approximate surface area is 97.1 Å². The number of rotatable bonds is 4. The van der Waals surface area contributed by atoms with Gasteiger partial charge in [-0.05, 0) is 6.07 Å². The largest absolute Gasteiger partial charge is 0.379 e. The summed E-state index contributed by atoms with van der Waals surface area (Å²) in [4.78, 5) is 9.94. The standard InChI is InChI=1S/C10H8ClN3O2/c1-7(11)6-13-10-3-2-9(14(15)16)4-8(10)5-12/h2-4,13H,1,6H2. The maximum absolute atomic E-state index is 10.5. The van der Waals surface area contributed by atoms with Crippen LogP contribution < -0.4 is 5.32 Å². The molecule has 0 aromatic heterocycles. The topological polar surface area (TPSA) is 79.0 Å². The van der Waals surface area contributed by atoms with Gasteiger partial charge in [0.05, 0.1) is 22.7 Å². The number of hydrogen-bond donors (Lipinski definition) is 1. The zero-order chi connectivity index (χ0) is 12.1. The third-order valence-corrected chi connectivity index (χ3v) is 1.94. The lowest BCUT2D eigenvalue weighted by Gasteiger charge is -2.06. The van der Waals surface area contributed by atoms with Crippen LogP contribution in [-0.4, -0.2) is 11.5 Å². The second-order valence-corrected chi connectivity index (χ2v) is 3.50. The molecule has 1 aromatic rings. The molecule has 0 saturated heterocycles. The molecule has 0 spiro atoms. The fourth-order valence-electron chi connectivity index (χ4n) is 1.08. The number of halogens is 1. The number of benzene rings is 1. The van der Waals surface area contributed by atoms with Crippen molar-refractivity contribution in [1.29, 1.82) is 5.26 Å². The van der Waals surface area contributed by atoms with Crippen molar-refractivity contribution < 1.29 is 4.92 Å². The molecule has 0 aliphatic heterocycles. The molecule has 1 N–H and O–H groups in total. The van der Waals surface area contributed by atoms with E-state index in [-0.39, 0.29) is 11.3 Å². The van der Waals surface area contributed by atoms with Crippen molar-refractivity contribution in [3.05, 3.63) is 45.5 Å². The number of nitrogens with zero attached hydrogens (tertiary/aromatic N) is 2. The highest BCUT2D eigenvalue weighted by Crippen LogP contribution is 2.21. The average molecular weight is 238 g/mol. The van der Waals surface area contributed by atoms with E-state index in [9.17, 15) is 10.1 Å². The molecule has 0 unspecified atom stereocenters. The number of nitriles is 1. The smallest absolute Gasteiger partial charge is 0.270 e. The Morgan fingerprint density at radius 1 is 1.69 bits per heavy atom. The van der Waals surface area contributed by atoms with Gasteiger partial charge in [-0.15, -0.1) is 0 Å². The number of nitro groups is 1. The van der Waals surface area contributed by atoms with Gasteiger partial charge >= 0.3 is 0 Å². The Morgan fingerprint density at radius 2 is 2.38 bits per heavy atom. The van der Waals surface area contributed by atoms with E-state index in [4.69, 9.17) is 16.9 Å². The first-order chi connectivity index (χ1) is 7.54. The van der Waals surface area contributed by atoms with Gasteiger partial charge in [0.2, 0.25) is 0 Å². The SMILES string of the molecule is C=C(Cl)CNc1ccc([N+](=O)[O-])cc1C#N. The molecule has 0 bridgehead atoms. The summed E-state index contributed by atoms with van der Waals surface area (Å²) in [5.74, 6) is 0. The average Bonchev–Trinajstić information content (AvgIpc) is 2.25. The summed E-state index contributed by atoms with van der Waals surface area (Å²) in [6, 6.07) is 5.87. The lowest BCUT2D eigenvalue weighted by atomic mass is 10.1. The number of non-ortho nitro benzene ring substituents is 1. The van der Waals surface area contributed by atoms with Crippen LogP contribution in [0.2, 0.25) is 0 Å². The predicted octanol–water partition coefficient (Wildman–Crippen LogP) is 2.63. The number of nitro benzene ring substituents is 1. The molecule has 5 nitrogen and oxygen atoms in total. The summed E-state index contributed by atoms with van der Waals surface area (Å²) in [5.41, 5.74) is 0.578. The van der Waals surface area contributed by atoms with Crippen molar-refractivity contribution in [2.75, 3.05) is 11.9 Å². The van der Waals surface area contributed by atoms with Crippen LogP contribution in [0.4, 0.5) is 11.4 Å². The van der Waals surface area contributed by atoms with E-state index < -0.39 is 4.92 Å². The summed E-state index contributed by atoms with van der Waals surface area (Å²) in [6.45, 7) is 3.78. The van der Waals surface area contributed by atoms with Crippen molar-refractivity contribution in [3.8, 4) is 6.07 Å². The monoisotopic (exact) mass is 237 g/mol. The fraction of sp³-hybridized carbons (Fsp3) is 0.100. The van der Waals surface area contributed by atoms with Gasteiger partial charge in [0.25, 0.3) is 5.69 Å². The molecule has 0 atom stereocenters. The van der Waals surface area contributed by atoms with Gasteiger partial charge in [0.15, 0.2) is 0 Å². The fourth-order valence-corrected chi connectivity index (χ4v) is 1.15. The van der Waals surface area contributed by atoms with Crippen LogP contribution in [-0.2, 0) is 0 Å². The van der Waals surface area contributed by atoms with E-state index in [1.807, 2.05) is 6.07 Å². The molecule has 82 valence electrons. The third kappa shape index (κ3) is 2.97. The normalized spacial score (nSPS) is 9.25. The summed E-state index contributed by atoms with van der Waals surface area (Å²) in [6.07, 6.45) is 0. The molecule has 6 heteroatoms. The number of anilines is 1. The van der Waals surface area contributed by atoms with E-state index in [0.29, 0.717) is 17.3 Å². The molecule has 0 saturated carbocycles. The van der Waals surface area contributed by atoms with Gasteiger partial charge in [-0.3, -0.25) is 10.1 Å². The van der Waals surface area contributed by atoms with E-state index in [2.05, 4.69) is 11.9 Å². The minimum absolute atomic E-state index is 0.119. The van der Waals surface area contributed by atoms with Crippen LogP contribution in [0.3, 0.4) is 0 Å². The molecule has 0 aliphatic carbocycles. The maximum atomic E-state index is 10.5. The summed E-state index contributed by atoms with van der Waals surface area (Å²) < 4.78 is 0. The molecule has 0 heterocycles. The van der Waals surface area contributed by atoms with Gasteiger partial charge in [-0.25, -0.2) is 0 Å². The van der Waals surface area contributed by atoms with Gasteiger partial charge in [0.1, 0.15) is 6.07 Å². The molecule has 1 rings (SSSR count). The molecule has 1 aromatic carbocycles. The zero-order valence-corrected chi connectivity index (χ0v) is 8.99. The predicted molar refractivity (Wildman–Crippen MR) is 61.3 cm³/mol. The molecule has 0 amide bonds. The van der Waals surface area contributed by atoms with Gasteiger partial charge in [-0.2, -0.15) is 5.26 Å². The van der Waals surface area contributed by atoms with Crippen molar-refractivity contribution in [1.82, 2.24) is 0 Å². The minimum atomic E-state index is -0.550. The minimum Gasteiger partial charge on any atom is -0.379 e. The Hall–Kier alpha value is -2.06. The molecular weight excluding hydrogens is 230 g/mol. The van der Waals surface area contributed by atoms with Crippen LogP contribution in [0.15, 0.2) is 29.8 Å². The van der Waals surface area contributed by atoms with Crippen LogP contribution >= 0.6 is 11.6 Å². The maximum Gasteiger partial charge on any atom is 0.270 e. The van der Waals surface area contributed by atoms with E-state index in [1.165, 1.54) is 18.2 Å². The van der Waals surface area contributed by atoms with Crippen LogP contribution in [0.1, 0.15) is 5.56 Å². The first-order valence-corrected chi connectivity index (χ1v) is 4.68. The third-order valence-electron chi connectivity index (χ3n) is 1.81. The quantitative estimate of drug-likeness (QED) is 0.645. The summed E-state index contributed by atoms with van der Waals surface area (Å²) >= 11 is 5.56. The van der Waals surface area contributed by atoms with Gasteiger partial charge in [0, 0.05) is 17.2 Å². The summed E-state index contributed by atoms with van der Waals surface area (Å²) in [5, 5.41) is 22.6. The highest BCUT2D eigenvalue weighted by molar-refractivity contribution is 6.29. The second kappa shape index (κ2) is 5.14. The highest BCUT2D eigenvalue weighted by atomic mass is 35.5. The second-order valence-electron chi connectivity index (χ2n) is 2.97. The van der Waals surface area contributed by atoms with E-state index in [1.54, 1.807) is 0 Å². The Bertz CT molecular complexity index is 479. The van der Waals surface area contributed by atoms with Gasteiger partial charge < -0.3 is 5.32 Å². The van der Waals surface area contributed by atoms with Crippen molar-refractivity contribution in [3.63, 3.8) is 0 Å². The molecule has 0 fully saturated rings. The highest BCUT2D eigenvalue weighted by Gasteiger charge is 2.10. The molecule has 0 aliphatic rings. The van der Waals surface area contributed by atoms with Crippen molar-refractivity contribution in [2.24, 2.45) is 0 Å². The van der Waals surface area contributed by atoms with E-state index in [0.717, 1.165) is 0 Å². The molecule has 16 heavy (non-hydrogen) atoms. The van der Waals surface area contributed by atoms with Crippen molar-refractivity contribution in [2.45, 2.75) is 0 Å². The van der Waals surface area contributed by atoms with Crippen LogP contribution in [0, 0.1) is 21.4 Å². The molecular formula is C10H8ClN3O2. The lowest BCUT2D eigenvalue weighted by Crippen LogP contribution is -2.03. The summed E-state index contributed by atoms with van der Waals surface area (Å²) in [7, 11) is 0. The van der Waals surface area contributed by atoms with Crippen LogP contribution in [0.25, 0.3) is 0 Å². The Kier molecular flexibility index (Phi) is 3.86. The van der Waals surface area contributed by atoms with E-state index >= 15 is 0 Å². The number of hydrogen-bond acceptors (Lipinski definition) is 4. The molecule has 0 radical (unpaired) electrons. The van der Waals surface area contributed by atoms with Crippen LogP contribution in [0.5, 0.6) is 0 Å². The van der Waals surface area contributed by atoms with Gasteiger partial charge in [-0.1, -0.05) is 18.2 Å². The van der Waals surface area contributed by atoms with Crippen molar-refractivity contribution >= 4 is 23.0 Å².